The van der Waals surface area contributed by atoms with Crippen molar-refractivity contribution < 1.29 is 27.8 Å². The monoisotopic (exact) mass is 463 g/mol. The Hall–Kier alpha value is -3.74. The Morgan fingerprint density at radius 3 is 2.53 bits per heavy atom. The van der Waals surface area contributed by atoms with Crippen molar-refractivity contribution in [2.75, 3.05) is 13.7 Å². The topological polar surface area (TPSA) is 55.8 Å². The van der Waals surface area contributed by atoms with Gasteiger partial charge < -0.3 is 14.4 Å². The third kappa shape index (κ3) is 3.18. The first-order valence-corrected chi connectivity index (χ1v) is 11.1. The fraction of sp³-hybridized carbons (Fsp3) is 0.259. The predicted molar refractivity (Wildman–Crippen MR) is 120 cm³/mol. The van der Waals surface area contributed by atoms with Crippen LogP contribution in [0.25, 0.3) is 0 Å². The van der Waals surface area contributed by atoms with Crippen LogP contribution in [0.1, 0.15) is 45.6 Å². The van der Waals surface area contributed by atoms with E-state index >= 15 is 0 Å². The Bertz CT molecular complexity index is 1290. The lowest BCUT2D eigenvalue weighted by atomic mass is 9.69. The van der Waals surface area contributed by atoms with Gasteiger partial charge in [0.15, 0.2) is 11.6 Å². The van der Waals surface area contributed by atoms with Crippen LogP contribution in [0.5, 0.6) is 5.75 Å². The maximum Gasteiger partial charge on any atom is 0.319 e. The van der Waals surface area contributed by atoms with E-state index in [0.717, 1.165) is 28.8 Å². The molecule has 0 saturated heterocycles. The smallest absolute Gasteiger partial charge is 0.319 e. The number of benzene rings is 3. The number of nitrogens with zero attached hydrogens (tertiary/aromatic N) is 1. The minimum Gasteiger partial charge on any atom is -0.497 e. The number of esters is 1. The first kappa shape index (κ1) is 22.1. The Labute approximate surface area is 195 Å². The van der Waals surface area contributed by atoms with Gasteiger partial charge in [-0.15, -0.1) is 0 Å². The van der Waals surface area contributed by atoms with Crippen molar-refractivity contribution in [2.24, 2.45) is 0 Å². The summed E-state index contributed by atoms with van der Waals surface area (Å²) in [5, 5.41) is 0. The molecule has 174 valence electrons. The highest BCUT2D eigenvalue weighted by Crippen LogP contribution is 2.56. The fourth-order valence-corrected chi connectivity index (χ4v) is 5.33. The number of methoxy groups -OCH3 is 1. The van der Waals surface area contributed by atoms with Gasteiger partial charge in [0, 0.05) is 12.1 Å². The molecule has 0 N–H and O–H groups in total. The molecule has 3 aromatic carbocycles. The fourth-order valence-electron chi connectivity index (χ4n) is 5.33. The quantitative estimate of drug-likeness (QED) is 0.514. The van der Waals surface area contributed by atoms with E-state index in [2.05, 4.69) is 0 Å². The SMILES string of the molecule is CCOC(=O)[C@]12Cc3cc(OC)ccc3[C@H]1N(Cc1ccccc1)C(=O)c1cc(F)c(F)cc12. The van der Waals surface area contributed by atoms with Crippen molar-refractivity contribution in [3.8, 4) is 5.75 Å². The van der Waals surface area contributed by atoms with Crippen molar-refractivity contribution in [3.05, 3.63) is 100 Å². The number of hydrogen-bond donors (Lipinski definition) is 0. The number of amides is 1. The summed E-state index contributed by atoms with van der Waals surface area (Å²) in [4.78, 5) is 29.0. The molecule has 0 aromatic heterocycles. The summed E-state index contributed by atoms with van der Waals surface area (Å²) in [5.41, 5.74) is 1.10. The lowest BCUT2D eigenvalue weighted by Gasteiger charge is -2.45. The van der Waals surface area contributed by atoms with E-state index in [0.29, 0.717) is 5.75 Å². The molecule has 0 bridgehead atoms. The third-order valence-corrected chi connectivity index (χ3v) is 6.76. The zero-order valence-electron chi connectivity index (χ0n) is 18.8. The normalized spacial score (nSPS) is 20.4. The second-order valence-corrected chi connectivity index (χ2v) is 8.57. The second kappa shape index (κ2) is 8.24. The summed E-state index contributed by atoms with van der Waals surface area (Å²) >= 11 is 0. The Morgan fingerprint density at radius 1 is 1.09 bits per heavy atom. The minimum atomic E-state index is -1.42. The van der Waals surface area contributed by atoms with Gasteiger partial charge in [-0.1, -0.05) is 36.4 Å². The molecule has 0 unspecified atom stereocenters. The van der Waals surface area contributed by atoms with Crippen molar-refractivity contribution in [2.45, 2.75) is 31.3 Å². The van der Waals surface area contributed by atoms with Gasteiger partial charge in [-0.05, 0) is 59.9 Å². The summed E-state index contributed by atoms with van der Waals surface area (Å²) in [6.45, 7) is 1.99. The van der Waals surface area contributed by atoms with Crippen LogP contribution >= 0.6 is 0 Å². The van der Waals surface area contributed by atoms with Crippen molar-refractivity contribution >= 4 is 11.9 Å². The van der Waals surface area contributed by atoms with Crippen LogP contribution in [-0.2, 0) is 27.9 Å². The lowest BCUT2D eigenvalue weighted by molar-refractivity contribution is -0.153. The lowest BCUT2D eigenvalue weighted by Crippen LogP contribution is -2.54. The molecule has 2 aliphatic rings. The molecule has 1 aliphatic carbocycles. The van der Waals surface area contributed by atoms with Gasteiger partial charge >= 0.3 is 5.97 Å². The average molecular weight is 463 g/mol. The van der Waals surface area contributed by atoms with Gasteiger partial charge in [-0.2, -0.15) is 0 Å². The molecule has 0 fully saturated rings. The number of carbonyl (C=O) groups excluding carboxylic acids is 2. The number of halogens is 2. The largest absolute Gasteiger partial charge is 0.497 e. The van der Waals surface area contributed by atoms with Crippen LogP contribution in [0.2, 0.25) is 0 Å². The van der Waals surface area contributed by atoms with E-state index in [9.17, 15) is 18.4 Å². The summed E-state index contributed by atoms with van der Waals surface area (Å²) < 4.78 is 39.8. The average Bonchev–Trinajstić information content (AvgIpc) is 3.19. The van der Waals surface area contributed by atoms with E-state index in [1.54, 1.807) is 25.0 Å². The predicted octanol–water partition coefficient (Wildman–Crippen LogP) is 4.73. The number of ether oxygens (including phenoxy) is 2. The molecule has 1 amide bonds. The summed E-state index contributed by atoms with van der Waals surface area (Å²) in [5.74, 6) is -2.69. The van der Waals surface area contributed by atoms with Crippen molar-refractivity contribution in [1.82, 2.24) is 4.90 Å². The van der Waals surface area contributed by atoms with E-state index in [1.807, 2.05) is 42.5 Å². The van der Waals surface area contributed by atoms with Gasteiger partial charge in [0.2, 0.25) is 0 Å². The standard InChI is InChI=1S/C27H23F2NO4/c1-3-34-26(32)27-14-17-11-18(33-2)9-10-19(17)24(27)30(15-16-7-5-4-6-8-16)25(31)20-12-22(28)23(29)13-21(20)27/h4-13,24H,3,14-15H2,1-2H3/t24-,27+/m1/s1. The summed E-state index contributed by atoms with van der Waals surface area (Å²) in [7, 11) is 1.55. The zero-order chi connectivity index (χ0) is 24.0. The Balaban J connectivity index is 1.79. The number of hydrogen-bond acceptors (Lipinski definition) is 4. The molecule has 1 aliphatic heterocycles. The highest BCUT2D eigenvalue weighted by molar-refractivity contribution is 6.03. The molecule has 2 atom stereocenters. The maximum atomic E-state index is 14.5. The zero-order valence-corrected chi connectivity index (χ0v) is 18.8. The molecule has 5 rings (SSSR count). The van der Waals surface area contributed by atoms with E-state index in [4.69, 9.17) is 9.47 Å². The van der Waals surface area contributed by atoms with Crippen molar-refractivity contribution in [1.29, 1.82) is 0 Å². The molecular weight excluding hydrogens is 440 g/mol. The molecule has 0 radical (unpaired) electrons. The van der Waals surface area contributed by atoms with Crippen LogP contribution in [0.3, 0.4) is 0 Å². The second-order valence-electron chi connectivity index (χ2n) is 8.57. The third-order valence-electron chi connectivity index (χ3n) is 6.76. The molecule has 34 heavy (non-hydrogen) atoms. The van der Waals surface area contributed by atoms with Crippen LogP contribution < -0.4 is 4.74 Å². The van der Waals surface area contributed by atoms with E-state index in [-0.39, 0.29) is 30.7 Å². The molecule has 7 heteroatoms. The van der Waals surface area contributed by atoms with Gasteiger partial charge in [0.1, 0.15) is 11.2 Å². The minimum absolute atomic E-state index is 0.0288. The summed E-state index contributed by atoms with van der Waals surface area (Å²) in [6.07, 6.45) is 0.166. The summed E-state index contributed by atoms with van der Waals surface area (Å²) in [6, 6.07) is 15.9. The highest BCUT2D eigenvalue weighted by Gasteiger charge is 2.61. The van der Waals surface area contributed by atoms with E-state index < -0.39 is 35.0 Å². The van der Waals surface area contributed by atoms with Crippen LogP contribution in [-0.4, -0.2) is 30.5 Å². The van der Waals surface area contributed by atoms with Gasteiger partial charge in [-0.25, -0.2) is 8.78 Å². The Kier molecular flexibility index (Phi) is 5.35. The first-order valence-electron chi connectivity index (χ1n) is 11.1. The number of rotatable bonds is 5. The first-order chi connectivity index (χ1) is 16.4. The number of carbonyl (C=O) groups is 2. The molecule has 3 aromatic rings. The van der Waals surface area contributed by atoms with Crippen LogP contribution in [0, 0.1) is 11.6 Å². The molecule has 1 heterocycles. The Morgan fingerprint density at radius 2 is 1.82 bits per heavy atom. The molecular formula is C27H23F2NO4. The van der Waals surface area contributed by atoms with Gasteiger partial charge in [0.05, 0.1) is 19.8 Å². The van der Waals surface area contributed by atoms with Crippen molar-refractivity contribution in [3.63, 3.8) is 0 Å². The highest BCUT2D eigenvalue weighted by atomic mass is 19.2. The number of fused-ring (bicyclic) bond motifs is 5. The molecule has 0 spiro atoms. The van der Waals surface area contributed by atoms with Crippen LogP contribution in [0.15, 0.2) is 60.7 Å². The van der Waals surface area contributed by atoms with Gasteiger partial charge in [-0.3, -0.25) is 9.59 Å². The van der Waals surface area contributed by atoms with E-state index in [1.165, 1.54) is 0 Å². The van der Waals surface area contributed by atoms with Gasteiger partial charge in [0.25, 0.3) is 5.91 Å². The van der Waals surface area contributed by atoms with Crippen LogP contribution in [0.4, 0.5) is 8.78 Å². The molecule has 0 saturated carbocycles. The molecule has 5 nitrogen and oxygen atoms in total. The maximum absolute atomic E-state index is 14.5.